The van der Waals surface area contributed by atoms with Crippen LogP contribution in [0.2, 0.25) is 0 Å². The van der Waals surface area contributed by atoms with Crippen molar-refractivity contribution in [3.63, 3.8) is 0 Å². The van der Waals surface area contributed by atoms with E-state index in [0.29, 0.717) is 12.3 Å². The molecule has 0 fully saturated rings. The monoisotopic (exact) mass is 220 g/mol. The average Bonchev–Trinajstić information content (AvgIpc) is 2.47. The molecule has 1 heterocycles. The summed E-state index contributed by atoms with van der Waals surface area (Å²) in [6.07, 6.45) is 0. The summed E-state index contributed by atoms with van der Waals surface area (Å²) in [4.78, 5) is 14.5. The predicted octanol–water partition coefficient (Wildman–Crippen LogP) is 1.51. The molecule has 1 atom stereocenters. The molecule has 0 radical (unpaired) electrons. The number of carbonyl (C=O) groups excluding carboxylic acids is 1. The van der Waals surface area contributed by atoms with Gasteiger partial charge in [-0.1, -0.05) is 7.43 Å². The first kappa shape index (κ1) is 12.2. The second-order valence-corrected chi connectivity index (χ2v) is 3.56. The Balaban J connectivity index is 0.00000144. The average molecular weight is 220 g/mol. The third-order valence-corrected chi connectivity index (χ3v) is 2.79. The maximum atomic E-state index is 9.86. The SMILES string of the molecule is C.Nc1ncsc1C(S)COC=O. The standard InChI is InChI=1S/C6H8N2O2S2.CH4/c7-6-5(12-2-8-6)4(11)1-10-3-9;/h2-4,11H,1,7H2;1H4. The summed E-state index contributed by atoms with van der Waals surface area (Å²) in [6, 6.07) is 0. The van der Waals surface area contributed by atoms with E-state index in [9.17, 15) is 4.79 Å². The summed E-state index contributed by atoms with van der Waals surface area (Å²) in [5.74, 6) is 0.453. The van der Waals surface area contributed by atoms with Gasteiger partial charge in [-0.25, -0.2) is 4.98 Å². The van der Waals surface area contributed by atoms with Gasteiger partial charge in [0.25, 0.3) is 6.47 Å². The van der Waals surface area contributed by atoms with Crippen molar-refractivity contribution in [2.45, 2.75) is 12.7 Å². The van der Waals surface area contributed by atoms with Crippen molar-refractivity contribution in [2.75, 3.05) is 12.3 Å². The number of thiol groups is 1. The van der Waals surface area contributed by atoms with Crippen LogP contribution in [0.4, 0.5) is 5.82 Å². The molecular formula is C7H12N2O2S2. The van der Waals surface area contributed by atoms with Crippen LogP contribution in [0.25, 0.3) is 0 Å². The van der Waals surface area contributed by atoms with E-state index in [1.54, 1.807) is 5.51 Å². The minimum Gasteiger partial charge on any atom is -0.466 e. The number of thiazole rings is 1. The highest BCUT2D eigenvalue weighted by molar-refractivity contribution is 7.80. The molecule has 4 nitrogen and oxygen atoms in total. The van der Waals surface area contributed by atoms with Gasteiger partial charge < -0.3 is 10.5 Å². The lowest BCUT2D eigenvalue weighted by molar-refractivity contribution is -0.128. The molecule has 0 aliphatic heterocycles. The first-order valence-corrected chi connectivity index (χ1v) is 4.57. The van der Waals surface area contributed by atoms with Gasteiger partial charge in [0.1, 0.15) is 12.4 Å². The highest BCUT2D eigenvalue weighted by Gasteiger charge is 2.12. The fraction of sp³-hybridized carbons (Fsp3) is 0.429. The van der Waals surface area contributed by atoms with Crippen LogP contribution in [0.1, 0.15) is 17.6 Å². The summed E-state index contributed by atoms with van der Waals surface area (Å²) in [6.45, 7) is 0.611. The zero-order valence-corrected chi connectivity index (χ0v) is 7.85. The van der Waals surface area contributed by atoms with Crippen molar-refractivity contribution < 1.29 is 9.53 Å². The van der Waals surface area contributed by atoms with Crippen LogP contribution < -0.4 is 5.73 Å². The topological polar surface area (TPSA) is 65.2 Å². The smallest absolute Gasteiger partial charge is 0.293 e. The molecule has 0 aliphatic carbocycles. The number of rotatable bonds is 4. The molecule has 0 saturated carbocycles. The zero-order valence-electron chi connectivity index (χ0n) is 6.14. The Morgan fingerprint density at radius 2 is 2.54 bits per heavy atom. The predicted molar refractivity (Wildman–Crippen MR) is 57.0 cm³/mol. The largest absolute Gasteiger partial charge is 0.466 e. The van der Waals surface area contributed by atoms with Gasteiger partial charge in [-0.05, 0) is 0 Å². The number of hydrogen-bond acceptors (Lipinski definition) is 6. The molecule has 0 aliphatic rings. The number of aromatic nitrogens is 1. The molecule has 74 valence electrons. The van der Waals surface area contributed by atoms with Crippen molar-refractivity contribution in [2.24, 2.45) is 0 Å². The van der Waals surface area contributed by atoms with E-state index in [1.807, 2.05) is 0 Å². The first-order valence-electron chi connectivity index (χ1n) is 3.18. The molecule has 0 bridgehead atoms. The quantitative estimate of drug-likeness (QED) is 0.596. The summed E-state index contributed by atoms with van der Waals surface area (Å²) in [5.41, 5.74) is 7.15. The van der Waals surface area contributed by atoms with Crippen LogP contribution in [-0.4, -0.2) is 18.1 Å². The van der Waals surface area contributed by atoms with E-state index in [0.717, 1.165) is 4.88 Å². The van der Waals surface area contributed by atoms with E-state index in [2.05, 4.69) is 22.3 Å². The van der Waals surface area contributed by atoms with Crippen molar-refractivity contribution >= 4 is 36.3 Å². The fourth-order valence-corrected chi connectivity index (χ4v) is 1.80. The van der Waals surface area contributed by atoms with E-state index in [4.69, 9.17) is 5.73 Å². The maximum Gasteiger partial charge on any atom is 0.293 e. The maximum absolute atomic E-state index is 9.86. The molecule has 0 saturated heterocycles. The molecular weight excluding hydrogens is 208 g/mol. The zero-order chi connectivity index (χ0) is 8.97. The number of nitrogen functional groups attached to an aromatic ring is 1. The highest BCUT2D eigenvalue weighted by atomic mass is 32.1. The van der Waals surface area contributed by atoms with E-state index in [1.165, 1.54) is 11.3 Å². The second kappa shape index (κ2) is 5.82. The number of nitrogens with two attached hydrogens (primary N) is 1. The Kier molecular flexibility index (Phi) is 5.48. The van der Waals surface area contributed by atoms with Gasteiger partial charge in [-0.15, -0.1) is 11.3 Å². The van der Waals surface area contributed by atoms with Gasteiger partial charge in [0, 0.05) is 0 Å². The van der Waals surface area contributed by atoms with Gasteiger partial charge in [0.2, 0.25) is 0 Å². The molecule has 0 aromatic carbocycles. The molecule has 2 N–H and O–H groups in total. The first-order chi connectivity index (χ1) is 5.75. The molecule has 0 amide bonds. The van der Waals surface area contributed by atoms with Crippen LogP contribution in [0.15, 0.2) is 5.51 Å². The Hall–Kier alpha value is -0.750. The highest BCUT2D eigenvalue weighted by Crippen LogP contribution is 2.28. The molecule has 6 heteroatoms. The van der Waals surface area contributed by atoms with Crippen LogP contribution >= 0.6 is 24.0 Å². The van der Waals surface area contributed by atoms with E-state index < -0.39 is 0 Å². The molecule has 1 unspecified atom stereocenters. The molecule has 1 aromatic heterocycles. The number of anilines is 1. The number of hydrogen-bond donors (Lipinski definition) is 2. The lowest BCUT2D eigenvalue weighted by Crippen LogP contribution is -2.02. The Bertz CT molecular complexity index is 265. The summed E-state index contributed by atoms with van der Waals surface area (Å²) < 4.78 is 4.54. The number of carbonyl (C=O) groups is 1. The lowest BCUT2D eigenvalue weighted by Gasteiger charge is -2.06. The third-order valence-electron chi connectivity index (χ3n) is 1.25. The summed E-state index contributed by atoms with van der Waals surface area (Å²) in [5, 5.41) is -0.178. The third kappa shape index (κ3) is 3.23. The number of nitrogens with zero attached hydrogens (tertiary/aromatic N) is 1. The second-order valence-electron chi connectivity index (χ2n) is 2.05. The molecule has 0 spiro atoms. The molecule has 13 heavy (non-hydrogen) atoms. The van der Waals surface area contributed by atoms with E-state index in [-0.39, 0.29) is 19.3 Å². The van der Waals surface area contributed by atoms with Crippen molar-refractivity contribution in [3.8, 4) is 0 Å². The lowest BCUT2D eigenvalue weighted by atomic mass is 10.3. The van der Waals surface area contributed by atoms with Crippen LogP contribution in [0, 0.1) is 0 Å². The van der Waals surface area contributed by atoms with Gasteiger partial charge >= 0.3 is 0 Å². The van der Waals surface area contributed by atoms with Gasteiger partial charge in [0.15, 0.2) is 0 Å². The van der Waals surface area contributed by atoms with Crippen molar-refractivity contribution in [3.05, 3.63) is 10.4 Å². The Morgan fingerprint density at radius 1 is 1.85 bits per heavy atom. The Morgan fingerprint density at radius 3 is 3.00 bits per heavy atom. The van der Waals surface area contributed by atoms with Crippen molar-refractivity contribution in [1.29, 1.82) is 0 Å². The summed E-state index contributed by atoms with van der Waals surface area (Å²) >= 11 is 5.60. The normalized spacial score (nSPS) is 11.5. The van der Waals surface area contributed by atoms with Crippen LogP contribution in [0.3, 0.4) is 0 Å². The van der Waals surface area contributed by atoms with Gasteiger partial charge in [-0.2, -0.15) is 12.6 Å². The number of ether oxygens (including phenoxy) is 1. The minimum atomic E-state index is -0.178. The van der Waals surface area contributed by atoms with Crippen molar-refractivity contribution in [1.82, 2.24) is 4.98 Å². The molecule has 1 aromatic rings. The van der Waals surface area contributed by atoms with Crippen LogP contribution in [-0.2, 0) is 9.53 Å². The van der Waals surface area contributed by atoms with Gasteiger partial charge in [0.05, 0.1) is 15.6 Å². The van der Waals surface area contributed by atoms with Crippen LogP contribution in [0.5, 0.6) is 0 Å². The van der Waals surface area contributed by atoms with E-state index >= 15 is 0 Å². The Labute approximate surface area is 86.5 Å². The molecule has 1 rings (SSSR count). The fourth-order valence-electron chi connectivity index (χ4n) is 0.719. The summed E-state index contributed by atoms with van der Waals surface area (Å²) in [7, 11) is 0. The van der Waals surface area contributed by atoms with Gasteiger partial charge in [-0.3, -0.25) is 4.79 Å². The minimum absolute atomic E-state index is 0.